The zero-order valence-electron chi connectivity index (χ0n) is 11.4. The second-order valence-corrected chi connectivity index (χ2v) is 5.36. The third-order valence-electron chi connectivity index (χ3n) is 3.48. The second kappa shape index (κ2) is 7.57. The Labute approximate surface area is 113 Å². The number of aliphatic hydroxyl groups is 1. The van der Waals surface area contributed by atoms with Crippen LogP contribution in [0.1, 0.15) is 38.4 Å². The van der Waals surface area contributed by atoms with Gasteiger partial charge in [0.2, 0.25) is 6.39 Å². The van der Waals surface area contributed by atoms with E-state index in [1.54, 1.807) is 0 Å². The minimum Gasteiger partial charge on any atom is -0.389 e. The number of aromatic nitrogens is 2. The van der Waals surface area contributed by atoms with Crippen molar-refractivity contribution in [2.24, 2.45) is 5.92 Å². The molecular formula is C13H23N3O3. The van der Waals surface area contributed by atoms with Gasteiger partial charge in [-0.05, 0) is 18.8 Å². The molecule has 2 rings (SSSR count). The molecule has 0 saturated heterocycles. The molecule has 0 amide bonds. The lowest BCUT2D eigenvalue weighted by molar-refractivity contribution is -0.0307. The van der Waals surface area contributed by atoms with Crippen LogP contribution < -0.4 is 5.32 Å². The van der Waals surface area contributed by atoms with Gasteiger partial charge in [-0.15, -0.1) is 0 Å². The molecule has 1 fully saturated rings. The lowest BCUT2D eigenvalue weighted by Crippen LogP contribution is -2.33. The van der Waals surface area contributed by atoms with E-state index in [1.807, 2.05) is 0 Å². The van der Waals surface area contributed by atoms with Crippen molar-refractivity contribution in [1.29, 1.82) is 0 Å². The topological polar surface area (TPSA) is 80.4 Å². The zero-order chi connectivity index (χ0) is 13.5. The van der Waals surface area contributed by atoms with Gasteiger partial charge in [-0.3, -0.25) is 0 Å². The average Bonchev–Trinajstić information content (AvgIpc) is 2.90. The van der Waals surface area contributed by atoms with Crippen LogP contribution in [0.2, 0.25) is 0 Å². The Morgan fingerprint density at radius 1 is 1.58 bits per heavy atom. The highest BCUT2D eigenvalue weighted by atomic mass is 16.5. The maximum Gasteiger partial charge on any atom is 0.213 e. The molecule has 0 aromatic carbocycles. The molecule has 2 N–H and O–H groups in total. The van der Waals surface area contributed by atoms with Crippen LogP contribution in [0, 0.1) is 5.92 Å². The van der Waals surface area contributed by atoms with E-state index < -0.39 is 6.10 Å². The first-order chi connectivity index (χ1) is 9.24. The highest BCUT2D eigenvalue weighted by Gasteiger charge is 2.20. The predicted molar refractivity (Wildman–Crippen MR) is 69.4 cm³/mol. The van der Waals surface area contributed by atoms with E-state index >= 15 is 0 Å². The van der Waals surface area contributed by atoms with Crippen LogP contribution in [0.3, 0.4) is 0 Å². The fourth-order valence-electron chi connectivity index (χ4n) is 2.46. The molecule has 0 spiro atoms. The average molecular weight is 269 g/mol. The SMILES string of the molecule is CC1CCCC(OCC(O)CNCc2ncon2)C1. The van der Waals surface area contributed by atoms with E-state index in [9.17, 15) is 5.11 Å². The Bertz CT molecular complexity index is 345. The van der Waals surface area contributed by atoms with Gasteiger partial charge in [0.05, 0.1) is 25.4 Å². The van der Waals surface area contributed by atoms with Gasteiger partial charge in [-0.1, -0.05) is 24.9 Å². The molecule has 1 aromatic heterocycles. The summed E-state index contributed by atoms with van der Waals surface area (Å²) in [4.78, 5) is 3.89. The fraction of sp³-hybridized carbons (Fsp3) is 0.846. The second-order valence-electron chi connectivity index (χ2n) is 5.36. The van der Waals surface area contributed by atoms with Crippen molar-refractivity contribution in [3.05, 3.63) is 12.2 Å². The van der Waals surface area contributed by atoms with Crippen LogP contribution in [0.25, 0.3) is 0 Å². The molecule has 6 heteroatoms. The lowest BCUT2D eigenvalue weighted by atomic mass is 9.89. The standard InChI is InChI=1S/C13H23N3O3/c1-10-3-2-4-12(5-10)18-8-11(17)6-14-7-13-15-9-19-16-13/h9-12,14,17H,2-8H2,1H3. The monoisotopic (exact) mass is 269 g/mol. The maximum absolute atomic E-state index is 9.82. The van der Waals surface area contributed by atoms with Crippen molar-refractivity contribution in [2.75, 3.05) is 13.2 Å². The number of nitrogens with zero attached hydrogens (tertiary/aromatic N) is 2. The van der Waals surface area contributed by atoms with Crippen molar-refractivity contribution < 1.29 is 14.4 Å². The van der Waals surface area contributed by atoms with Gasteiger partial charge in [0.1, 0.15) is 0 Å². The zero-order valence-corrected chi connectivity index (χ0v) is 11.4. The van der Waals surface area contributed by atoms with Crippen molar-refractivity contribution >= 4 is 0 Å². The Hall–Kier alpha value is -0.980. The van der Waals surface area contributed by atoms with E-state index in [0.29, 0.717) is 31.6 Å². The molecule has 1 saturated carbocycles. The number of aliphatic hydroxyl groups excluding tert-OH is 1. The van der Waals surface area contributed by atoms with Crippen molar-refractivity contribution in [2.45, 2.75) is 51.4 Å². The molecule has 0 bridgehead atoms. The van der Waals surface area contributed by atoms with Crippen LogP contribution in [-0.4, -0.2) is 40.6 Å². The third kappa shape index (κ3) is 5.26. The summed E-state index contributed by atoms with van der Waals surface area (Å²) >= 11 is 0. The molecule has 1 aliphatic rings. The molecular weight excluding hydrogens is 246 g/mol. The highest BCUT2D eigenvalue weighted by Crippen LogP contribution is 2.25. The molecule has 1 heterocycles. The summed E-state index contributed by atoms with van der Waals surface area (Å²) in [6, 6.07) is 0. The van der Waals surface area contributed by atoms with E-state index in [4.69, 9.17) is 4.74 Å². The van der Waals surface area contributed by atoms with E-state index in [-0.39, 0.29) is 0 Å². The van der Waals surface area contributed by atoms with E-state index in [0.717, 1.165) is 18.8 Å². The highest BCUT2D eigenvalue weighted by molar-refractivity contribution is 4.77. The van der Waals surface area contributed by atoms with Gasteiger partial charge in [-0.2, -0.15) is 4.98 Å². The summed E-state index contributed by atoms with van der Waals surface area (Å²) in [6.45, 7) is 3.61. The molecule has 0 aliphatic heterocycles. The van der Waals surface area contributed by atoms with Gasteiger partial charge in [-0.25, -0.2) is 0 Å². The summed E-state index contributed by atoms with van der Waals surface area (Å²) in [7, 11) is 0. The Morgan fingerprint density at radius 2 is 2.47 bits per heavy atom. The van der Waals surface area contributed by atoms with Crippen molar-refractivity contribution in [1.82, 2.24) is 15.5 Å². The van der Waals surface area contributed by atoms with Gasteiger partial charge in [0, 0.05) is 6.54 Å². The molecule has 1 aromatic rings. The van der Waals surface area contributed by atoms with Gasteiger partial charge in [0.25, 0.3) is 0 Å². The number of ether oxygens (including phenoxy) is 1. The first kappa shape index (κ1) is 14.4. The molecule has 3 unspecified atom stereocenters. The van der Waals surface area contributed by atoms with Gasteiger partial charge < -0.3 is 19.7 Å². The summed E-state index contributed by atoms with van der Waals surface area (Å²) in [5.74, 6) is 1.33. The first-order valence-corrected chi connectivity index (χ1v) is 6.99. The molecule has 6 nitrogen and oxygen atoms in total. The minimum atomic E-state index is -0.496. The number of nitrogens with one attached hydrogen (secondary N) is 1. The molecule has 1 aliphatic carbocycles. The summed E-state index contributed by atoms with van der Waals surface area (Å²) in [5, 5.41) is 16.6. The quantitative estimate of drug-likeness (QED) is 0.772. The van der Waals surface area contributed by atoms with E-state index in [2.05, 4.69) is 26.9 Å². The number of rotatable bonds is 7. The number of hydrogen-bond donors (Lipinski definition) is 2. The normalized spacial score (nSPS) is 25.4. The molecule has 0 radical (unpaired) electrons. The van der Waals surface area contributed by atoms with Crippen LogP contribution in [0.4, 0.5) is 0 Å². The Balaban J connectivity index is 1.55. The van der Waals surface area contributed by atoms with Crippen LogP contribution in [-0.2, 0) is 11.3 Å². The van der Waals surface area contributed by atoms with Gasteiger partial charge in [0.15, 0.2) is 5.82 Å². The number of hydrogen-bond acceptors (Lipinski definition) is 6. The molecule has 19 heavy (non-hydrogen) atoms. The largest absolute Gasteiger partial charge is 0.389 e. The summed E-state index contributed by atoms with van der Waals surface area (Å²) < 4.78 is 10.4. The van der Waals surface area contributed by atoms with Crippen LogP contribution in [0.5, 0.6) is 0 Å². The summed E-state index contributed by atoms with van der Waals surface area (Å²) in [5.41, 5.74) is 0. The van der Waals surface area contributed by atoms with Crippen molar-refractivity contribution in [3.63, 3.8) is 0 Å². The Kier molecular flexibility index (Phi) is 5.75. The van der Waals surface area contributed by atoms with Crippen molar-refractivity contribution in [3.8, 4) is 0 Å². The maximum atomic E-state index is 9.82. The lowest BCUT2D eigenvalue weighted by Gasteiger charge is -2.27. The van der Waals surface area contributed by atoms with Gasteiger partial charge >= 0.3 is 0 Å². The fourth-order valence-corrected chi connectivity index (χ4v) is 2.46. The first-order valence-electron chi connectivity index (χ1n) is 6.99. The van der Waals surface area contributed by atoms with Crippen LogP contribution >= 0.6 is 0 Å². The molecule has 3 atom stereocenters. The third-order valence-corrected chi connectivity index (χ3v) is 3.48. The smallest absolute Gasteiger partial charge is 0.213 e. The minimum absolute atomic E-state index is 0.315. The van der Waals surface area contributed by atoms with E-state index in [1.165, 1.54) is 19.2 Å². The molecule has 108 valence electrons. The van der Waals surface area contributed by atoms with Crippen LogP contribution in [0.15, 0.2) is 10.9 Å². The predicted octanol–water partition coefficient (Wildman–Crippen LogP) is 1.12. The summed E-state index contributed by atoms with van der Waals surface area (Å²) in [6.07, 6.45) is 5.88. The Morgan fingerprint density at radius 3 is 3.21 bits per heavy atom.